The Bertz CT molecular complexity index is 2320. The first kappa shape index (κ1) is 95.7. The zero-order valence-corrected chi connectivity index (χ0v) is 64.6. The molecule has 100 heavy (non-hydrogen) atoms. The zero-order valence-electron chi connectivity index (χ0n) is 62.8. The summed E-state index contributed by atoms with van der Waals surface area (Å²) in [7, 11) is -9.96. The highest BCUT2D eigenvalue weighted by atomic mass is 31.2. The summed E-state index contributed by atoms with van der Waals surface area (Å²) in [5.41, 5.74) is 0. The second-order valence-electron chi connectivity index (χ2n) is 25.9. The molecule has 0 saturated carbocycles. The van der Waals surface area contributed by atoms with Crippen LogP contribution < -0.4 is 0 Å². The maximum absolute atomic E-state index is 13.1. The lowest BCUT2D eigenvalue weighted by atomic mass is 10.0. The number of esters is 4. The number of aliphatic hydroxyl groups is 1. The predicted octanol–water partition coefficient (Wildman–Crippen LogP) is 22.6. The standard InChI is InChI=1S/C81H140O17P2/c1-5-9-13-17-21-25-29-32-35-36-37-38-41-43-47-50-54-58-62-66-79(84)91-71-76(97-80(85)67-63-59-55-51-45-28-24-20-16-12-8-4)73-95-99(87,88)93-69-75(82)70-94-100(89,90)96-74-77(98-81(86)68-64-60-56-52-48-44-40-34-31-27-23-19-15-11-7-3)72-92-78(83)65-61-57-53-49-46-42-39-33-30-26-22-18-14-10-6-2/h9-10,13-14,21-22,25-26,32-33,35,37-39,43,46-47,49,75-77,82H,5-8,11-12,15-20,23-24,27-31,34,36,40-42,44-45,48,50-74H2,1-4H3,(H,87,88)(H,89,90)/b13-9-,14-10-,25-21-,26-22-,35-32-,38-37-,39-33-,47-43-,49-46-. The van der Waals surface area contributed by atoms with Crippen LogP contribution in [0, 0.1) is 0 Å². The first-order chi connectivity index (χ1) is 48.7. The largest absolute Gasteiger partial charge is 0.472 e. The fourth-order valence-electron chi connectivity index (χ4n) is 10.4. The second-order valence-corrected chi connectivity index (χ2v) is 28.8. The van der Waals surface area contributed by atoms with Crippen LogP contribution in [-0.4, -0.2) is 96.7 Å². The molecule has 576 valence electrons. The molecule has 0 radical (unpaired) electrons. The summed E-state index contributed by atoms with van der Waals surface area (Å²) in [6, 6.07) is 0. The molecule has 19 heteroatoms. The summed E-state index contributed by atoms with van der Waals surface area (Å²) < 4.78 is 68.5. The van der Waals surface area contributed by atoms with E-state index < -0.39 is 97.5 Å². The fraction of sp³-hybridized carbons (Fsp3) is 0.728. The van der Waals surface area contributed by atoms with Crippen molar-refractivity contribution < 1.29 is 80.2 Å². The summed E-state index contributed by atoms with van der Waals surface area (Å²) in [5, 5.41) is 10.6. The molecule has 0 heterocycles. The summed E-state index contributed by atoms with van der Waals surface area (Å²) in [4.78, 5) is 72.9. The van der Waals surface area contributed by atoms with E-state index in [4.69, 9.17) is 37.0 Å². The Morgan fingerprint density at radius 2 is 0.520 bits per heavy atom. The summed E-state index contributed by atoms with van der Waals surface area (Å²) >= 11 is 0. The van der Waals surface area contributed by atoms with Gasteiger partial charge < -0.3 is 33.8 Å². The number of ether oxygens (including phenoxy) is 4. The van der Waals surface area contributed by atoms with Gasteiger partial charge in [0.15, 0.2) is 12.2 Å². The normalized spacial score (nSPS) is 14.5. The van der Waals surface area contributed by atoms with E-state index in [-0.39, 0.29) is 25.7 Å². The van der Waals surface area contributed by atoms with Gasteiger partial charge in [-0.15, -0.1) is 0 Å². The van der Waals surface area contributed by atoms with Crippen LogP contribution in [0.3, 0.4) is 0 Å². The van der Waals surface area contributed by atoms with E-state index in [1.54, 1.807) is 0 Å². The third-order valence-corrected chi connectivity index (χ3v) is 18.2. The number of hydrogen-bond acceptors (Lipinski definition) is 15. The second kappa shape index (κ2) is 73.0. The predicted molar refractivity (Wildman–Crippen MR) is 408 cm³/mol. The van der Waals surface area contributed by atoms with Crippen molar-refractivity contribution in [2.45, 2.75) is 341 Å². The molecule has 0 fully saturated rings. The van der Waals surface area contributed by atoms with Gasteiger partial charge in [-0.1, -0.05) is 298 Å². The van der Waals surface area contributed by atoms with E-state index in [2.05, 4.69) is 137 Å². The van der Waals surface area contributed by atoms with Crippen LogP contribution in [0.4, 0.5) is 0 Å². The minimum Gasteiger partial charge on any atom is -0.462 e. The molecule has 0 bridgehead atoms. The third-order valence-electron chi connectivity index (χ3n) is 16.3. The van der Waals surface area contributed by atoms with Crippen molar-refractivity contribution in [3.8, 4) is 0 Å². The summed E-state index contributed by atoms with van der Waals surface area (Å²) in [6.45, 7) is 4.58. The first-order valence-corrected chi connectivity index (χ1v) is 42.1. The lowest BCUT2D eigenvalue weighted by Crippen LogP contribution is -2.30. The van der Waals surface area contributed by atoms with Crippen molar-refractivity contribution >= 4 is 39.5 Å². The Morgan fingerprint density at radius 3 is 0.820 bits per heavy atom. The van der Waals surface area contributed by atoms with Gasteiger partial charge in [-0.2, -0.15) is 0 Å². The van der Waals surface area contributed by atoms with Crippen molar-refractivity contribution in [1.29, 1.82) is 0 Å². The molecule has 0 aromatic heterocycles. The number of carbonyl (C=O) groups excluding carboxylic acids is 4. The van der Waals surface area contributed by atoms with Crippen LogP contribution in [0.15, 0.2) is 109 Å². The molecule has 0 aliphatic heterocycles. The number of rotatable bonds is 73. The van der Waals surface area contributed by atoms with Crippen molar-refractivity contribution in [2.75, 3.05) is 39.6 Å². The Kier molecular flexibility index (Phi) is 69.9. The Balaban J connectivity index is 5.36. The van der Waals surface area contributed by atoms with E-state index in [0.29, 0.717) is 25.7 Å². The van der Waals surface area contributed by atoms with E-state index in [0.717, 1.165) is 141 Å². The van der Waals surface area contributed by atoms with Gasteiger partial charge >= 0.3 is 39.5 Å². The molecular formula is C81H140O17P2. The van der Waals surface area contributed by atoms with Gasteiger partial charge in [-0.25, -0.2) is 9.13 Å². The van der Waals surface area contributed by atoms with Gasteiger partial charge in [0, 0.05) is 25.7 Å². The van der Waals surface area contributed by atoms with Crippen molar-refractivity contribution in [2.24, 2.45) is 0 Å². The molecule has 0 saturated heterocycles. The maximum atomic E-state index is 13.1. The number of aliphatic hydroxyl groups excluding tert-OH is 1. The van der Waals surface area contributed by atoms with Crippen molar-refractivity contribution in [3.05, 3.63) is 109 Å². The number of unbranched alkanes of at least 4 members (excludes halogenated alkanes) is 29. The van der Waals surface area contributed by atoms with Crippen LogP contribution >= 0.6 is 15.6 Å². The quantitative estimate of drug-likeness (QED) is 0.0169. The van der Waals surface area contributed by atoms with Gasteiger partial charge in [0.1, 0.15) is 19.3 Å². The summed E-state index contributed by atoms with van der Waals surface area (Å²) in [6.07, 6.45) is 78.0. The number of phosphoric acid groups is 2. The van der Waals surface area contributed by atoms with E-state index in [9.17, 15) is 43.2 Å². The lowest BCUT2D eigenvalue weighted by molar-refractivity contribution is -0.161. The highest BCUT2D eigenvalue weighted by Crippen LogP contribution is 2.45. The van der Waals surface area contributed by atoms with Gasteiger partial charge in [0.05, 0.1) is 26.4 Å². The maximum Gasteiger partial charge on any atom is 0.472 e. The first-order valence-electron chi connectivity index (χ1n) is 39.1. The van der Waals surface area contributed by atoms with Crippen molar-refractivity contribution in [1.82, 2.24) is 0 Å². The Hall–Kier alpha value is -4.28. The Morgan fingerprint density at radius 1 is 0.290 bits per heavy atom. The molecule has 0 aliphatic rings. The average molecular weight is 1450 g/mol. The van der Waals surface area contributed by atoms with Crippen LogP contribution in [0.25, 0.3) is 0 Å². The average Bonchev–Trinajstić information content (AvgIpc) is 0.953. The lowest BCUT2D eigenvalue weighted by Gasteiger charge is -2.21. The van der Waals surface area contributed by atoms with Crippen molar-refractivity contribution in [3.63, 3.8) is 0 Å². The topological polar surface area (TPSA) is 237 Å². The van der Waals surface area contributed by atoms with Crippen LogP contribution in [0.2, 0.25) is 0 Å². The SMILES string of the molecule is CC/C=C\C/C=C\C/C=C\C/C=C\C/C=C\CCCCCC(=O)OCC(COP(=O)(O)OCC(O)COP(=O)(O)OCC(COC(=O)CCCC/C=C\C/C=C\C/C=C\C/C=C\CC)OC(=O)CCCCCCCCCCCCCCCCC)OC(=O)CCCCCCCCCCCCC. The highest BCUT2D eigenvalue weighted by Gasteiger charge is 2.30. The molecule has 3 N–H and O–H groups in total. The molecule has 0 amide bonds. The van der Waals surface area contributed by atoms with Crippen LogP contribution in [-0.2, 0) is 65.4 Å². The molecule has 5 atom stereocenters. The highest BCUT2D eigenvalue weighted by molar-refractivity contribution is 7.47. The molecule has 0 rings (SSSR count). The number of hydrogen-bond donors (Lipinski definition) is 3. The number of phosphoric ester groups is 2. The summed E-state index contributed by atoms with van der Waals surface area (Å²) in [5.74, 6) is -2.24. The molecule has 5 unspecified atom stereocenters. The van der Waals surface area contributed by atoms with Crippen LogP contribution in [0.5, 0.6) is 0 Å². The fourth-order valence-corrected chi connectivity index (χ4v) is 11.9. The Labute approximate surface area is 607 Å². The molecule has 0 aromatic rings. The van der Waals surface area contributed by atoms with Gasteiger partial charge in [-0.3, -0.25) is 37.3 Å². The smallest absolute Gasteiger partial charge is 0.462 e. The molecule has 17 nitrogen and oxygen atoms in total. The third kappa shape index (κ3) is 72.1. The minimum atomic E-state index is -4.98. The molecule has 0 spiro atoms. The minimum absolute atomic E-state index is 0.0880. The van der Waals surface area contributed by atoms with Gasteiger partial charge in [-0.05, 0) is 109 Å². The van der Waals surface area contributed by atoms with Gasteiger partial charge in [0.25, 0.3) is 0 Å². The molecular weight excluding hydrogens is 1310 g/mol. The van der Waals surface area contributed by atoms with Gasteiger partial charge in [0.2, 0.25) is 0 Å². The number of carbonyl (C=O) groups is 4. The zero-order chi connectivity index (χ0) is 73.2. The van der Waals surface area contributed by atoms with E-state index >= 15 is 0 Å². The molecule has 0 aromatic carbocycles. The molecule has 0 aliphatic carbocycles. The number of allylic oxidation sites excluding steroid dienone is 18. The van der Waals surface area contributed by atoms with E-state index in [1.165, 1.54) is 103 Å². The van der Waals surface area contributed by atoms with E-state index in [1.807, 2.05) is 0 Å². The van der Waals surface area contributed by atoms with Crippen LogP contribution in [0.1, 0.15) is 323 Å². The monoisotopic (exact) mass is 1450 g/mol.